The minimum Gasteiger partial charge on any atom is -0.452 e. The zero-order chi connectivity index (χ0) is 19.8. The first-order valence-corrected chi connectivity index (χ1v) is 8.75. The van der Waals surface area contributed by atoms with Gasteiger partial charge in [0.1, 0.15) is 0 Å². The van der Waals surface area contributed by atoms with Crippen LogP contribution in [0.2, 0.25) is 5.02 Å². The molecular weight excluding hydrogens is 372 g/mol. The molecule has 2 rings (SSSR count). The number of rotatable bonds is 8. The predicted molar refractivity (Wildman–Crippen MR) is 101 cm³/mol. The molecule has 0 fully saturated rings. The molecule has 7 nitrogen and oxygen atoms in total. The van der Waals surface area contributed by atoms with E-state index in [1.165, 1.54) is 6.07 Å². The summed E-state index contributed by atoms with van der Waals surface area (Å²) in [6.45, 7) is 1.54. The van der Waals surface area contributed by atoms with Crippen molar-refractivity contribution in [1.29, 1.82) is 0 Å². The van der Waals surface area contributed by atoms with Gasteiger partial charge in [0, 0.05) is 12.1 Å². The van der Waals surface area contributed by atoms with Gasteiger partial charge >= 0.3 is 5.97 Å². The third-order valence-corrected chi connectivity index (χ3v) is 4.14. The van der Waals surface area contributed by atoms with Crippen LogP contribution in [0.4, 0.5) is 5.69 Å². The molecule has 0 bridgehead atoms. The molecule has 27 heavy (non-hydrogen) atoms. The molecule has 0 unspecified atom stereocenters. The molecule has 0 heterocycles. The number of carbonyl (C=O) groups is 2. The van der Waals surface area contributed by atoms with Crippen molar-refractivity contribution < 1.29 is 19.2 Å². The van der Waals surface area contributed by atoms with E-state index in [9.17, 15) is 19.7 Å². The Hall–Kier alpha value is -2.93. The van der Waals surface area contributed by atoms with E-state index in [-0.39, 0.29) is 22.3 Å². The van der Waals surface area contributed by atoms with Crippen LogP contribution in [0.15, 0.2) is 48.5 Å². The first-order chi connectivity index (χ1) is 12.9. The summed E-state index contributed by atoms with van der Waals surface area (Å²) >= 11 is 5.88. The molecule has 0 aromatic heterocycles. The van der Waals surface area contributed by atoms with Crippen LogP contribution in [0.3, 0.4) is 0 Å². The Morgan fingerprint density at radius 1 is 1.22 bits per heavy atom. The standard InChI is InChI=1S/C19H19ClN2O5/c1-2-6-17(13-7-4-3-5-8-13)21-18(23)12-27-19(24)15-10-9-14(22(25)26)11-16(15)20/h3-5,7-11,17H,2,6,12H2,1H3,(H,21,23)/t17-/m1/s1. The van der Waals surface area contributed by atoms with Crippen molar-refractivity contribution in [1.82, 2.24) is 5.32 Å². The van der Waals surface area contributed by atoms with Gasteiger partial charge in [-0.25, -0.2) is 4.79 Å². The maximum atomic E-state index is 12.2. The summed E-state index contributed by atoms with van der Waals surface area (Å²) in [6.07, 6.45) is 1.62. The molecule has 2 aromatic rings. The van der Waals surface area contributed by atoms with Gasteiger partial charge in [-0.1, -0.05) is 55.3 Å². The minimum absolute atomic E-state index is 0.0387. The number of ether oxygens (including phenoxy) is 1. The van der Waals surface area contributed by atoms with Gasteiger partial charge in [-0.2, -0.15) is 0 Å². The van der Waals surface area contributed by atoms with Crippen LogP contribution in [0.1, 0.15) is 41.7 Å². The average molecular weight is 391 g/mol. The number of amides is 1. The van der Waals surface area contributed by atoms with Crippen LogP contribution in [0.5, 0.6) is 0 Å². The van der Waals surface area contributed by atoms with Crippen molar-refractivity contribution >= 4 is 29.2 Å². The van der Waals surface area contributed by atoms with Crippen LogP contribution in [-0.4, -0.2) is 23.4 Å². The Morgan fingerprint density at radius 3 is 2.52 bits per heavy atom. The van der Waals surface area contributed by atoms with Crippen molar-refractivity contribution in [2.24, 2.45) is 0 Å². The van der Waals surface area contributed by atoms with E-state index in [1.807, 2.05) is 37.3 Å². The van der Waals surface area contributed by atoms with E-state index < -0.39 is 23.4 Å². The maximum absolute atomic E-state index is 12.2. The molecule has 1 atom stereocenters. The monoisotopic (exact) mass is 390 g/mol. The molecule has 8 heteroatoms. The van der Waals surface area contributed by atoms with E-state index >= 15 is 0 Å². The number of benzene rings is 2. The maximum Gasteiger partial charge on any atom is 0.340 e. The van der Waals surface area contributed by atoms with Gasteiger partial charge in [0.05, 0.1) is 21.6 Å². The molecular formula is C19H19ClN2O5. The van der Waals surface area contributed by atoms with Gasteiger partial charge in [-0.05, 0) is 18.1 Å². The number of non-ortho nitro benzene ring substituents is 1. The van der Waals surface area contributed by atoms with Crippen LogP contribution in [0.25, 0.3) is 0 Å². The lowest BCUT2D eigenvalue weighted by Gasteiger charge is -2.18. The number of hydrogen-bond donors (Lipinski definition) is 1. The van der Waals surface area contributed by atoms with E-state index in [0.29, 0.717) is 0 Å². The SMILES string of the molecule is CCC[C@@H](NC(=O)COC(=O)c1ccc([N+](=O)[O-])cc1Cl)c1ccccc1. The molecule has 0 aliphatic rings. The van der Waals surface area contributed by atoms with Crippen molar-refractivity contribution in [2.75, 3.05) is 6.61 Å². The predicted octanol–water partition coefficient (Wildman–Crippen LogP) is 4.06. The molecule has 0 saturated heterocycles. The lowest BCUT2D eigenvalue weighted by Crippen LogP contribution is -2.32. The highest BCUT2D eigenvalue weighted by molar-refractivity contribution is 6.33. The quantitative estimate of drug-likeness (QED) is 0.416. The molecule has 2 aromatic carbocycles. The van der Waals surface area contributed by atoms with Gasteiger partial charge in [0.25, 0.3) is 11.6 Å². The Labute approximate surface area is 161 Å². The second-order valence-corrected chi connectivity index (χ2v) is 6.22. The first kappa shape index (κ1) is 20.4. The van der Waals surface area contributed by atoms with Crippen LogP contribution in [-0.2, 0) is 9.53 Å². The van der Waals surface area contributed by atoms with Crippen LogP contribution in [0, 0.1) is 10.1 Å². The summed E-state index contributed by atoms with van der Waals surface area (Å²) in [5.74, 6) is -1.26. The van der Waals surface area contributed by atoms with Crippen molar-refractivity contribution in [3.63, 3.8) is 0 Å². The van der Waals surface area contributed by atoms with E-state index in [4.69, 9.17) is 16.3 Å². The van der Waals surface area contributed by atoms with Gasteiger partial charge in [0.15, 0.2) is 6.61 Å². The number of esters is 1. The fourth-order valence-electron chi connectivity index (χ4n) is 2.52. The molecule has 142 valence electrons. The highest BCUT2D eigenvalue weighted by Gasteiger charge is 2.19. The normalized spacial score (nSPS) is 11.5. The Balaban J connectivity index is 1.96. The van der Waals surface area contributed by atoms with Crippen LogP contribution >= 0.6 is 11.6 Å². The van der Waals surface area contributed by atoms with E-state index in [2.05, 4.69) is 5.32 Å². The number of nitrogens with one attached hydrogen (secondary N) is 1. The molecule has 0 radical (unpaired) electrons. The van der Waals surface area contributed by atoms with Crippen molar-refractivity contribution in [2.45, 2.75) is 25.8 Å². The summed E-state index contributed by atoms with van der Waals surface area (Å²) in [7, 11) is 0. The molecule has 0 spiro atoms. The number of hydrogen-bond acceptors (Lipinski definition) is 5. The fraction of sp³-hybridized carbons (Fsp3) is 0.263. The Kier molecular flexibility index (Phi) is 7.31. The second-order valence-electron chi connectivity index (χ2n) is 5.82. The number of nitro groups is 1. The highest BCUT2D eigenvalue weighted by Crippen LogP contribution is 2.23. The zero-order valence-electron chi connectivity index (χ0n) is 14.7. The molecule has 1 amide bonds. The largest absolute Gasteiger partial charge is 0.452 e. The average Bonchev–Trinajstić information content (AvgIpc) is 2.66. The molecule has 1 N–H and O–H groups in total. The molecule has 0 aliphatic carbocycles. The fourth-order valence-corrected chi connectivity index (χ4v) is 2.78. The topological polar surface area (TPSA) is 98.5 Å². The second kappa shape index (κ2) is 9.68. The highest BCUT2D eigenvalue weighted by atomic mass is 35.5. The number of halogens is 1. The number of carbonyl (C=O) groups excluding carboxylic acids is 2. The summed E-state index contributed by atoms with van der Waals surface area (Å²) < 4.78 is 4.98. The summed E-state index contributed by atoms with van der Waals surface area (Å²) in [6, 6.07) is 12.7. The number of nitro benzene ring substituents is 1. The minimum atomic E-state index is -0.822. The molecule has 0 aliphatic heterocycles. The summed E-state index contributed by atoms with van der Waals surface area (Å²) in [5.41, 5.74) is 0.695. The third kappa shape index (κ3) is 5.79. The summed E-state index contributed by atoms with van der Waals surface area (Å²) in [4.78, 5) is 34.3. The molecule has 0 saturated carbocycles. The van der Waals surface area contributed by atoms with Gasteiger partial charge < -0.3 is 10.1 Å². The summed E-state index contributed by atoms with van der Waals surface area (Å²) in [5, 5.41) is 13.4. The first-order valence-electron chi connectivity index (χ1n) is 8.37. The van der Waals surface area contributed by atoms with Crippen molar-refractivity contribution in [3.8, 4) is 0 Å². The lowest BCUT2D eigenvalue weighted by atomic mass is 10.0. The number of nitrogens with zero attached hydrogens (tertiary/aromatic N) is 1. The van der Waals surface area contributed by atoms with Crippen LogP contribution < -0.4 is 5.32 Å². The van der Waals surface area contributed by atoms with Gasteiger partial charge in [0.2, 0.25) is 0 Å². The van der Waals surface area contributed by atoms with Gasteiger partial charge in [-0.3, -0.25) is 14.9 Å². The van der Waals surface area contributed by atoms with E-state index in [0.717, 1.165) is 30.5 Å². The Bertz CT molecular complexity index is 826. The smallest absolute Gasteiger partial charge is 0.340 e. The van der Waals surface area contributed by atoms with E-state index in [1.54, 1.807) is 0 Å². The Morgan fingerprint density at radius 2 is 1.93 bits per heavy atom. The zero-order valence-corrected chi connectivity index (χ0v) is 15.4. The lowest BCUT2D eigenvalue weighted by molar-refractivity contribution is -0.384. The van der Waals surface area contributed by atoms with Crippen molar-refractivity contribution in [3.05, 3.63) is 74.8 Å². The third-order valence-electron chi connectivity index (χ3n) is 3.83. The van der Waals surface area contributed by atoms with Gasteiger partial charge in [-0.15, -0.1) is 0 Å².